The van der Waals surface area contributed by atoms with Crippen LogP contribution in [0.25, 0.3) is 5.52 Å². The number of fused-ring (bicyclic) bond motifs is 1. The molecule has 0 radical (unpaired) electrons. The summed E-state index contributed by atoms with van der Waals surface area (Å²) >= 11 is -1.28. The van der Waals surface area contributed by atoms with Gasteiger partial charge in [0.05, 0.1) is 0 Å². The van der Waals surface area contributed by atoms with Crippen molar-refractivity contribution in [1.29, 1.82) is 0 Å². The summed E-state index contributed by atoms with van der Waals surface area (Å²) in [6.45, 7) is 14.7. The second kappa shape index (κ2) is 12.2. The van der Waals surface area contributed by atoms with Gasteiger partial charge in [-0.1, -0.05) is 0 Å². The van der Waals surface area contributed by atoms with Crippen LogP contribution in [-0.4, -0.2) is 37.4 Å². The summed E-state index contributed by atoms with van der Waals surface area (Å²) in [5.41, 5.74) is 7.72. The SMILES string of the molecule is CCCC(CC)c1cc2cc(C(=O)NCc3c(C)cc(C)[nH]c3=O)c(C)c(C(C)I3CCOCC3)n2c1. The van der Waals surface area contributed by atoms with E-state index in [9.17, 15) is 9.59 Å². The molecular formula is C30H42IN3O3. The maximum atomic E-state index is 13.6. The molecule has 0 aromatic carbocycles. The predicted octanol–water partition coefficient (Wildman–Crippen LogP) is 6.37. The van der Waals surface area contributed by atoms with Gasteiger partial charge in [0.2, 0.25) is 0 Å². The molecular weight excluding hydrogens is 577 g/mol. The van der Waals surface area contributed by atoms with Crippen molar-refractivity contribution in [2.45, 2.75) is 77.2 Å². The number of hydrogen-bond acceptors (Lipinski definition) is 3. The topological polar surface area (TPSA) is 75.6 Å². The molecule has 3 aromatic heterocycles. The first-order chi connectivity index (χ1) is 17.7. The molecule has 4 rings (SSSR count). The van der Waals surface area contributed by atoms with Gasteiger partial charge >= 0.3 is 229 Å². The number of carbonyl (C=O) groups is 1. The Kier molecular flexibility index (Phi) is 9.16. The number of carbonyl (C=O) groups excluding carboxylic acids is 1. The summed E-state index contributed by atoms with van der Waals surface area (Å²) < 4.78 is 10.9. The summed E-state index contributed by atoms with van der Waals surface area (Å²) in [5.74, 6) is 0.413. The summed E-state index contributed by atoms with van der Waals surface area (Å²) in [6, 6.07) is 6.28. The Morgan fingerprint density at radius 1 is 1.16 bits per heavy atom. The molecule has 1 aliphatic heterocycles. The Morgan fingerprint density at radius 3 is 2.54 bits per heavy atom. The van der Waals surface area contributed by atoms with Gasteiger partial charge in [-0.15, -0.1) is 0 Å². The Hall–Kier alpha value is -2.13. The number of ether oxygens (including phenoxy) is 1. The van der Waals surface area contributed by atoms with E-state index in [2.05, 4.69) is 54.7 Å². The van der Waals surface area contributed by atoms with E-state index in [0.29, 0.717) is 21.0 Å². The van der Waals surface area contributed by atoms with E-state index in [0.717, 1.165) is 48.4 Å². The molecule has 2 unspecified atom stereocenters. The zero-order chi connectivity index (χ0) is 26.7. The van der Waals surface area contributed by atoms with Crippen molar-refractivity contribution in [2.75, 3.05) is 22.1 Å². The molecule has 6 nitrogen and oxygen atoms in total. The number of rotatable bonds is 9. The molecule has 1 saturated heterocycles. The average molecular weight is 620 g/mol. The van der Waals surface area contributed by atoms with Crippen molar-refractivity contribution in [1.82, 2.24) is 14.7 Å². The maximum absolute atomic E-state index is 13.6. The molecule has 1 fully saturated rings. The Morgan fingerprint density at radius 2 is 1.89 bits per heavy atom. The molecule has 0 saturated carbocycles. The van der Waals surface area contributed by atoms with Crippen molar-refractivity contribution >= 4 is 31.2 Å². The van der Waals surface area contributed by atoms with Gasteiger partial charge in [0.15, 0.2) is 0 Å². The van der Waals surface area contributed by atoms with Gasteiger partial charge in [-0.3, -0.25) is 0 Å². The first kappa shape index (κ1) is 27.9. The molecule has 1 aliphatic rings. The Labute approximate surface area is 228 Å². The van der Waals surface area contributed by atoms with Crippen LogP contribution in [0, 0.1) is 20.8 Å². The number of alkyl halides is 3. The predicted molar refractivity (Wildman–Crippen MR) is 161 cm³/mol. The number of amides is 1. The molecule has 0 bridgehead atoms. The first-order valence-electron chi connectivity index (χ1n) is 13.6. The first-order valence-corrected chi connectivity index (χ1v) is 17.9. The van der Waals surface area contributed by atoms with Gasteiger partial charge in [-0.05, 0) is 0 Å². The quantitative estimate of drug-likeness (QED) is 0.216. The fourth-order valence-corrected chi connectivity index (χ4v) is 11.4. The van der Waals surface area contributed by atoms with Crippen LogP contribution in [0.2, 0.25) is 0 Å². The Balaban J connectivity index is 1.75. The van der Waals surface area contributed by atoms with Gasteiger partial charge in [-0.2, -0.15) is 0 Å². The third-order valence-electron chi connectivity index (χ3n) is 7.74. The summed E-state index contributed by atoms with van der Waals surface area (Å²) in [6.07, 6.45) is 5.78. The molecule has 0 spiro atoms. The number of aromatic nitrogens is 2. The van der Waals surface area contributed by atoms with E-state index in [1.54, 1.807) is 0 Å². The average Bonchev–Trinajstić information content (AvgIpc) is 3.29. The third kappa shape index (κ3) is 5.98. The normalized spacial score (nSPS) is 16.6. The fourth-order valence-electron chi connectivity index (χ4n) is 5.64. The van der Waals surface area contributed by atoms with Crippen molar-refractivity contribution < 1.29 is 9.53 Å². The number of halogens is 1. The van der Waals surface area contributed by atoms with Gasteiger partial charge in [-0.25, -0.2) is 0 Å². The van der Waals surface area contributed by atoms with Crippen molar-refractivity contribution in [2.24, 2.45) is 0 Å². The molecule has 2 N–H and O–H groups in total. The van der Waals surface area contributed by atoms with Gasteiger partial charge in [0.1, 0.15) is 0 Å². The van der Waals surface area contributed by atoms with Crippen molar-refractivity contribution in [3.63, 3.8) is 0 Å². The molecule has 7 heteroatoms. The minimum absolute atomic E-state index is 0.119. The second-order valence-electron chi connectivity index (χ2n) is 10.3. The van der Waals surface area contributed by atoms with E-state index in [4.69, 9.17) is 4.74 Å². The van der Waals surface area contributed by atoms with Crippen LogP contribution in [0.4, 0.5) is 0 Å². The second-order valence-corrected chi connectivity index (χ2v) is 17.1. The zero-order valence-electron chi connectivity index (χ0n) is 23.2. The van der Waals surface area contributed by atoms with E-state index in [1.165, 1.54) is 26.5 Å². The number of nitrogens with zero attached hydrogens (tertiary/aromatic N) is 1. The van der Waals surface area contributed by atoms with Crippen molar-refractivity contribution in [3.8, 4) is 0 Å². The standard InChI is InChI=1S/C30H42IN3O3/c1-7-9-23(8-2)24-15-25-16-26(29(35)32-17-27-19(3)14-20(4)33-30(27)36)21(5)28(34(25)18-24)22(6)31-10-12-37-13-11-31/h14-16,18,22-23H,7-13,17H2,1-6H3,(H,32,35)(H,33,36). The third-order valence-corrected chi connectivity index (χ3v) is 14.6. The van der Waals surface area contributed by atoms with Crippen LogP contribution < -0.4 is 10.9 Å². The van der Waals surface area contributed by atoms with Crippen LogP contribution in [-0.2, 0) is 11.3 Å². The van der Waals surface area contributed by atoms with Gasteiger partial charge in [0, 0.05) is 0 Å². The van der Waals surface area contributed by atoms with E-state index in [1.807, 2.05) is 26.0 Å². The fraction of sp³-hybridized carbons (Fsp3) is 0.533. The van der Waals surface area contributed by atoms with Crippen LogP contribution in [0.3, 0.4) is 0 Å². The molecule has 3 aromatic rings. The molecule has 1 amide bonds. The van der Waals surface area contributed by atoms with Crippen LogP contribution in [0.15, 0.2) is 29.2 Å². The van der Waals surface area contributed by atoms with E-state index >= 15 is 0 Å². The number of hydrogen-bond donors (Lipinski definition) is 2. The van der Waals surface area contributed by atoms with Crippen molar-refractivity contribution in [3.05, 3.63) is 74.0 Å². The van der Waals surface area contributed by atoms with Gasteiger partial charge in [0.25, 0.3) is 0 Å². The molecule has 37 heavy (non-hydrogen) atoms. The number of aromatic amines is 1. The molecule has 4 heterocycles. The Bertz CT molecular complexity index is 1320. The monoisotopic (exact) mass is 619 g/mol. The van der Waals surface area contributed by atoms with Crippen LogP contribution in [0.5, 0.6) is 0 Å². The molecule has 0 aliphatic carbocycles. The van der Waals surface area contributed by atoms with E-state index in [-0.39, 0.29) is 18.0 Å². The van der Waals surface area contributed by atoms with E-state index < -0.39 is 19.8 Å². The van der Waals surface area contributed by atoms with Crippen LogP contribution >= 0.6 is 19.8 Å². The van der Waals surface area contributed by atoms with Gasteiger partial charge < -0.3 is 0 Å². The summed E-state index contributed by atoms with van der Waals surface area (Å²) in [4.78, 5) is 28.9. The zero-order valence-corrected chi connectivity index (χ0v) is 25.3. The summed E-state index contributed by atoms with van der Waals surface area (Å²) in [5, 5.41) is 3.05. The summed E-state index contributed by atoms with van der Waals surface area (Å²) in [7, 11) is 0. The number of nitrogens with one attached hydrogen (secondary N) is 2. The molecule has 2 atom stereocenters. The number of aryl methyl sites for hydroxylation is 2. The number of H-pyrrole nitrogens is 1. The number of pyridine rings is 2. The molecule has 202 valence electrons. The minimum atomic E-state index is -1.28. The van der Waals surface area contributed by atoms with Crippen LogP contribution in [0.1, 0.15) is 93.9 Å².